The summed E-state index contributed by atoms with van der Waals surface area (Å²) < 4.78 is 29.1. The Balaban J connectivity index is 2.06. The molecule has 9 heteroatoms. The first kappa shape index (κ1) is 31.2. The molecular formula is C31H38ClN3O4S. The van der Waals surface area contributed by atoms with Crippen LogP contribution in [0.5, 0.6) is 0 Å². The molecule has 0 saturated heterocycles. The lowest BCUT2D eigenvalue weighted by atomic mass is 10.1. The summed E-state index contributed by atoms with van der Waals surface area (Å²) in [4.78, 5) is 28.6. The first-order chi connectivity index (χ1) is 18.8. The van der Waals surface area contributed by atoms with Gasteiger partial charge >= 0.3 is 0 Å². The second kappa shape index (κ2) is 13.3. The third-order valence-corrected chi connectivity index (χ3v) is 8.69. The zero-order valence-electron chi connectivity index (χ0n) is 23.9. The van der Waals surface area contributed by atoms with Crippen LogP contribution in [-0.4, -0.2) is 44.3 Å². The molecule has 0 radical (unpaired) electrons. The van der Waals surface area contributed by atoms with Gasteiger partial charge in [-0.1, -0.05) is 67.4 Å². The Kier molecular flexibility index (Phi) is 10.4. The van der Waals surface area contributed by atoms with Crippen molar-refractivity contribution in [1.29, 1.82) is 0 Å². The quantitative estimate of drug-likeness (QED) is 0.316. The van der Waals surface area contributed by atoms with E-state index in [2.05, 4.69) is 5.32 Å². The maximum absolute atomic E-state index is 14.0. The van der Waals surface area contributed by atoms with Crippen LogP contribution in [-0.2, 0) is 26.2 Å². The molecule has 1 N–H and O–H groups in total. The molecule has 7 nitrogen and oxygen atoms in total. The van der Waals surface area contributed by atoms with Gasteiger partial charge in [-0.25, -0.2) is 8.42 Å². The highest BCUT2D eigenvalue weighted by Gasteiger charge is 2.33. The number of hydrogen-bond donors (Lipinski definition) is 1. The van der Waals surface area contributed by atoms with E-state index >= 15 is 0 Å². The Morgan fingerprint density at radius 2 is 1.48 bits per heavy atom. The third-order valence-electron chi connectivity index (χ3n) is 6.53. The molecule has 0 aromatic heterocycles. The zero-order valence-corrected chi connectivity index (χ0v) is 25.5. The van der Waals surface area contributed by atoms with E-state index in [1.54, 1.807) is 55.5 Å². The maximum Gasteiger partial charge on any atom is 0.264 e. The average Bonchev–Trinajstić information content (AvgIpc) is 2.88. The van der Waals surface area contributed by atoms with E-state index in [-0.39, 0.29) is 23.3 Å². The molecule has 3 aromatic carbocycles. The lowest BCUT2D eigenvalue weighted by Crippen LogP contribution is -2.51. The Hall–Kier alpha value is -3.36. The first-order valence-corrected chi connectivity index (χ1v) is 15.1. The highest BCUT2D eigenvalue weighted by Crippen LogP contribution is 2.27. The molecular weight excluding hydrogens is 546 g/mol. The van der Waals surface area contributed by atoms with Gasteiger partial charge in [0.15, 0.2) is 0 Å². The number of rotatable bonds is 11. The van der Waals surface area contributed by atoms with Crippen molar-refractivity contribution in [2.45, 2.75) is 59.0 Å². The number of nitrogens with one attached hydrogen (secondary N) is 1. The standard InChI is InChI=1S/C31H38ClN3O4S/c1-21(2)18-33-31(37)25(6)34(19-26-9-7-8-10-29(26)32)30(36)20-35(27-16-23(4)15-24(5)17-27)40(38,39)28-13-11-22(3)12-14-28/h7-17,21,25H,18-20H2,1-6H3,(H,33,37). The van der Waals surface area contributed by atoms with Crippen LogP contribution in [0.3, 0.4) is 0 Å². The predicted octanol–water partition coefficient (Wildman–Crippen LogP) is 5.65. The fourth-order valence-corrected chi connectivity index (χ4v) is 5.90. The van der Waals surface area contributed by atoms with Crippen LogP contribution in [0.2, 0.25) is 5.02 Å². The third kappa shape index (κ3) is 7.86. The highest BCUT2D eigenvalue weighted by molar-refractivity contribution is 7.92. The molecule has 3 aromatic rings. The van der Waals surface area contributed by atoms with Gasteiger partial charge in [0.05, 0.1) is 10.6 Å². The summed E-state index contributed by atoms with van der Waals surface area (Å²) in [7, 11) is -4.12. The number of aryl methyl sites for hydroxylation is 3. The molecule has 0 aliphatic rings. The van der Waals surface area contributed by atoms with E-state index in [0.717, 1.165) is 21.0 Å². The van der Waals surface area contributed by atoms with Crippen molar-refractivity contribution in [3.8, 4) is 0 Å². The lowest BCUT2D eigenvalue weighted by Gasteiger charge is -2.32. The normalized spacial score (nSPS) is 12.2. The molecule has 40 heavy (non-hydrogen) atoms. The summed E-state index contributed by atoms with van der Waals surface area (Å²) in [5.74, 6) is -0.626. The smallest absolute Gasteiger partial charge is 0.264 e. The fourth-order valence-electron chi connectivity index (χ4n) is 4.31. The van der Waals surface area contributed by atoms with E-state index in [1.165, 1.54) is 17.0 Å². The average molecular weight is 584 g/mol. The molecule has 0 aliphatic carbocycles. The number of benzene rings is 3. The number of amides is 2. The van der Waals surface area contributed by atoms with Crippen LogP contribution >= 0.6 is 11.6 Å². The van der Waals surface area contributed by atoms with Gasteiger partial charge in [-0.05, 0) is 80.6 Å². The van der Waals surface area contributed by atoms with Crippen molar-refractivity contribution in [3.05, 3.63) is 94.0 Å². The molecule has 1 unspecified atom stereocenters. The number of anilines is 1. The van der Waals surface area contributed by atoms with Crippen molar-refractivity contribution in [2.24, 2.45) is 5.92 Å². The lowest BCUT2D eigenvalue weighted by molar-refractivity contribution is -0.139. The summed E-state index contributed by atoms with van der Waals surface area (Å²) in [6, 6.07) is 18.1. The summed E-state index contributed by atoms with van der Waals surface area (Å²) in [5, 5.41) is 3.33. The largest absolute Gasteiger partial charge is 0.354 e. The number of halogens is 1. The molecule has 0 bridgehead atoms. The number of carbonyl (C=O) groups excluding carboxylic acids is 2. The molecule has 214 valence electrons. The predicted molar refractivity (Wildman–Crippen MR) is 161 cm³/mol. The van der Waals surface area contributed by atoms with Gasteiger partial charge < -0.3 is 10.2 Å². The van der Waals surface area contributed by atoms with Crippen LogP contribution < -0.4 is 9.62 Å². The topological polar surface area (TPSA) is 86.8 Å². The molecule has 2 amide bonds. The van der Waals surface area contributed by atoms with Gasteiger partial charge in [0.2, 0.25) is 11.8 Å². The minimum atomic E-state index is -4.12. The maximum atomic E-state index is 14.0. The molecule has 0 saturated carbocycles. The van der Waals surface area contributed by atoms with E-state index in [4.69, 9.17) is 11.6 Å². The number of hydrogen-bond acceptors (Lipinski definition) is 4. The summed E-state index contributed by atoms with van der Waals surface area (Å²) in [6.07, 6.45) is 0. The van der Waals surface area contributed by atoms with E-state index in [1.807, 2.05) is 40.7 Å². The van der Waals surface area contributed by atoms with Crippen molar-refractivity contribution < 1.29 is 18.0 Å². The van der Waals surface area contributed by atoms with Crippen LogP contribution in [0.4, 0.5) is 5.69 Å². The Labute approximate surface area is 243 Å². The van der Waals surface area contributed by atoms with Gasteiger partial charge in [0.25, 0.3) is 10.0 Å². The van der Waals surface area contributed by atoms with Crippen LogP contribution in [0.1, 0.15) is 43.0 Å². The molecule has 0 spiro atoms. The minimum Gasteiger partial charge on any atom is -0.354 e. The van der Waals surface area contributed by atoms with Gasteiger partial charge in [0, 0.05) is 18.1 Å². The van der Waals surface area contributed by atoms with Crippen molar-refractivity contribution in [1.82, 2.24) is 10.2 Å². The van der Waals surface area contributed by atoms with E-state index in [0.29, 0.717) is 22.8 Å². The molecule has 0 heterocycles. The minimum absolute atomic E-state index is 0.0417. The Morgan fingerprint density at radius 3 is 2.05 bits per heavy atom. The monoisotopic (exact) mass is 583 g/mol. The second-order valence-electron chi connectivity index (χ2n) is 10.6. The number of nitrogens with zero attached hydrogens (tertiary/aromatic N) is 2. The Morgan fingerprint density at radius 1 is 0.875 bits per heavy atom. The number of sulfonamides is 1. The fraction of sp³-hybridized carbons (Fsp3) is 0.355. The molecule has 0 fully saturated rings. The molecule has 0 aliphatic heterocycles. The summed E-state index contributed by atoms with van der Waals surface area (Å²) in [6.45, 7) is 11.2. The zero-order chi connectivity index (χ0) is 29.6. The summed E-state index contributed by atoms with van der Waals surface area (Å²) in [5.41, 5.74) is 3.67. The van der Waals surface area contributed by atoms with Crippen molar-refractivity contribution >= 4 is 39.1 Å². The van der Waals surface area contributed by atoms with Gasteiger partial charge in [-0.3, -0.25) is 13.9 Å². The molecule has 1 atom stereocenters. The van der Waals surface area contributed by atoms with Crippen LogP contribution in [0.15, 0.2) is 71.6 Å². The van der Waals surface area contributed by atoms with Crippen molar-refractivity contribution in [2.75, 3.05) is 17.4 Å². The van der Waals surface area contributed by atoms with E-state index < -0.39 is 28.5 Å². The second-order valence-corrected chi connectivity index (χ2v) is 12.9. The van der Waals surface area contributed by atoms with Gasteiger partial charge in [-0.15, -0.1) is 0 Å². The van der Waals surface area contributed by atoms with Gasteiger partial charge in [-0.2, -0.15) is 0 Å². The van der Waals surface area contributed by atoms with Crippen LogP contribution in [0.25, 0.3) is 0 Å². The van der Waals surface area contributed by atoms with Crippen LogP contribution in [0, 0.1) is 26.7 Å². The SMILES string of the molecule is Cc1ccc(S(=O)(=O)N(CC(=O)N(Cc2ccccc2Cl)C(C)C(=O)NCC(C)C)c2cc(C)cc(C)c2)cc1. The van der Waals surface area contributed by atoms with E-state index in [9.17, 15) is 18.0 Å². The first-order valence-electron chi connectivity index (χ1n) is 13.3. The number of carbonyl (C=O) groups is 2. The molecule has 3 rings (SSSR count). The van der Waals surface area contributed by atoms with Gasteiger partial charge in [0.1, 0.15) is 12.6 Å². The highest BCUT2D eigenvalue weighted by atomic mass is 35.5. The van der Waals surface area contributed by atoms with Crippen molar-refractivity contribution in [3.63, 3.8) is 0 Å². The summed E-state index contributed by atoms with van der Waals surface area (Å²) >= 11 is 6.42. The Bertz CT molecular complexity index is 1440.